The molecule has 0 aliphatic heterocycles. The second-order valence-corrected chi connectivity index (χ2v) is 6.68. The number of carbonyl (C=O) groups is 4. The quantitative estimate of drug-likeness (QED) is 0.566. The number of ether oxygens (including phenoxy) is 3. The van der Waals surface area contributed by atoms with E-state index in [1.165, 1.54) is 18.2 Å². The Kier molecular flexibility index (Phi) is 8.64. The Hall–Kier alpha value is -3.10. The zero-order chi connectivity index (χ0) is 22.1. The molecule has 0 aliphatic carbocycles. The molecule has 0 spiro atoms. The van der Waals surface area contributed by atoms with Crippen LogP contribution in [0, 0.1) is 0 Å². The lowest BCUT2D eigenvalue weighted by Crippen LogP contribution is -2.33. The van der Waals surface area contributed by atoms with Crippen molar-refractivity contribution in [2.24, 2.45) is 0 Å². The number of aliphatic carboxylic acids is 1. The van der Waals surface area contributed by atoms with Crippen LogP contribution in [0.5, 0.6) is 0 Å². The number of rotatable bonds is 9. The zero-order valence-corrected chi connectivity index (χ0v) is 16.9. The minimum atomic E-state index is -1.71. The molecule has 0 aromatic heterocycles. The molecule has 2 aromatic rings. The highest BCUT2D eigenvalue weighted by atomic mass is 35.5. The van der Waals surface area contributed by atoms with E-state index in [1.807, 2.05) is 0 Å². The Bertz CT molecular complexity index is 909. The summed E-state index contributed by atoms with van der Waals surface area (Å²) in [5.41, 5.74) is 0.521. The summed E-state index contributed by atoms with van der Waals surface area (Å²) >= 11 is 11.8. The van der Waals surface area contributed by atoms with Crippen LogP contribution in [0.1, 0.15) is 22.3 Å². The van der Waals surface area contributed by atoms with Crippen LogP contribution in [-0.4, -0.2) is 41.7 Å². The summed E-state index contributed by atoms with van der Waals surface area (Å²) in [7, 11) is 0. The van der Waals surface area contributed by atoms with Gasteiger partial charge in [-0.2, -0.15) is 0 Å². The molecule has 158 valence electrons. The molecule has 30 heavy (non-hydrogen) atoms. The normalized spacial score (nSPS) is 11.3. The van der Waals surface area contributed by atoms with E-state index in [9.17, 15) is 19.2 Å². The summed E-state index contributed by atoms with van der Waals surface area (Å²) in [5, 5.41) is 8.99. The van der Waals surface area contributed by atoms with Crippen LogP contribution in [0.15, 0.2) is 48.5 Å². The highest BCUT2D eigenvalue weighted by Crippen LogP contribution is 2.25. The molecular formula is C20H16Cl2O8. The van der Waals surface area contributed by atoms with Crippen LogP contribution in [-0.2, 0) is 30.4 Å². The molecule has 0 fully saturated rings. The van der Waals surface area contributed by atoms with Gasteiger partial charge in [0, 0.05) is 0 Å². The van der Waals surface area contributed by atoms with E-state index in [4.69, 9.17) is 42.5 Å². The van der Waals surface area contributed by atoms with Gasteiger partial charge in [-0.15, -0.1) is 0 Å². The Morgan fingerprint density at radius 1 is 0.900 bits per heavy atom. The number of hydrogen-bond acceptors (Lipinski definition) is 7. The van der Waals surface area contributed by atoms with Gasteiger partial charge in [-0.25, -0.2) is 9.59 Å². The second-order valence-electron chi connectivity index (χ2n) is 5.87. The van der Waals surface area contributed by atoms with Crippen LogP contribution in [0.25, 0.3) is 0 Å². The summed E-state index contributed by atoms with van der Waals surface area (Å²) in [6.07, 6.45) is -3.77. The summed E-state index contributed by atoms with van der Waals surface area (Å²) < 4.78 is 14.5. The van der Waals surface area contributed by atoms with E-state index in [0.717, 1.165) is 0 Å². The zero-order valence-electron chi connectivity index (χ0n) is 15.4. The lowest BCUT2D eigenvalue weighted by atomic mass is 10.1. The molecule has 10 heteroatoms. The molecule has 0 amide bonds. The van der Waals surface area contributed by atoms with Crippen LogP contribution in [0.2, 0.25) is 10.0 Å². The van der Waals surface area contributed by atoms with Crippen LogP contribution < -0.4 is 0 Å². The van der Waals surface area contributed by atoms with Crippen molar-refractivity contribution in [2.45, 2.75) is 19.1 Å². The first-order valence-electron chi connectivity index (χ1n) is 8.51. The third kappa shape index (κ3) is 7.06. The molecule has 1 N–H and O–H groups in total. The standard InChI is InChI=1S/C20H16Cl2O8/c21-13-7-4-8-14(22)18(13)19(26)28-11-15(23)16(9-17(24)25)30-20(27)29-10-12-5-2-1-3-6-12/h1-8,16H,9-11H2,(H,24,25)/t16-/m0/s1. The maximum absolute atomic E-state index is 12.3. The van der Waals surface area contributed by atoms with Gasteiger partial charge in [-0.1, -0.05) is 59.6 Å². The Labute approximate surface area is 181 Å². The third-order valence-electron chi connectivity index (χ3n) is 3.67. The number of carboxylic acids is 1. The van der Waals surface area contributed by atoms with Gasteiger partial charge in [-0.05, 0) is 17.7 Å². The maximum atomic E-state index is 12.3. The van der Waals surface area contributed by atoms with Crippen molar-refractivity contribution in [1.29, 1.82) is 0 Å². The molecule has 2 aromatic carbocycles. The second kappa shape index (κ2) is 11.2. The molecule has 0 aliphatic rings. The smallest absolute Gasteiger partial charge is 0.481 e. The van der Waals surface area contributed by atoms with E-state index >= 15 is 0 Å². The molecular weight excluding hydrogens is 439 g/mol. The summed E-state index contributed by atoms with van der Waals surface area (Å²) in [4.78, 5) is 47.2. The number of carbonyl (C=O) groups excluding carboxylic acids is 3. The number of Topliss-reactive ketones (excluding diaryl/α,β-unsaturated/α-hetero) is 1. The van der Waals surface area contributed by atoms with Gasteiger partial charge in [-0.3, -0.25) is 9.59 Å². The van der Waals surface area contributed by atoms with Crippen molar-refractivity contribution < 1.29 is 38.5 Å². The monoisotopic (exact) mass is 454 g/mol. The number of benzene rings is 2. The van der Waals surface area contributed by atoms with Crippen LogP contribution in [0.4, 0.5) is 4.79 Å². The molecule has 0 saturated heterocycles. The fraction of sp³-hybridized carbons (Fsp3) is 0.200. The Morgan fingerprint density at radius 2 is 1.53 bits per heavy atom. The van der Waals surface area contributed by atoms with Crippen LogP contribution in [0.3, 0.4) is 0 Å². The summed E-state index contributed by atoms with van der Waals surface area (Å²) in [6, 6.07) is 13.0. The van der Waals surface area contributed by atoms with Gasteiger partial charge >= 0.3 is 18.1 Å². The van der Waals surface area contributed by atoms with Crippen molar-refractivity contribution in [3.63, 3.8) is 0 Å². The predicted molar refractivity (Wildman–Crippen MR) is 106 cm³/mol. The van der Waals surface area contributed by atoms with E-state index in [0.29, 0.717) is 5.56 Å². The van der Waals surface area contributed by atoms with Crippen LogP contribution >= 0.6 is 23.2 Å². The topological polar surface area (TPSA) is 116 Å². The predicted octanol–water partition coefficient (Wildman–Crippen LogP) is 3.92. The maximum Gasteiger partial charge on any atom is 0.509 e. The summed E-state index contributed by atoms with van der Waals surface area (Å²) in [5.74, 6) is -3.34. The number of ketones is 1. The van der Waals surface area contributed by atoms with Gasteiger partial charge < -0.3 is 19.3 Å². The van der Waals surface area contributed by atoms with Gasteiger partial charge in [0.1, 0.15) is 6.61 Å². The highest BCUT2D eigenvalue weighted by Gasteiger charge is 2.28. The van der Waals surface area contributed by atoms with E-state index in [-0.39, 0.29) is 22.2 Å². The molecule has 0 unspecified atom stereocenters. The molecule has 0 radical (unpaired) electrons. The average Bonchev–Trinajstić information content (AvgIpc) is 2.70. The van der Waals surface area contributed by atoms with Crippen molar-refractivity contribution in [3.8, 4) is 0 Å². The largest absolute Gasteiger partial charge is 0.509 e. The number of esters is 1. The fourth-order valence-electron chi connectivity index (χ4n) is 2.24. The van der Waals surface area contributed by atoms with E-state index < -0.39 is 43.0 Å². The molecule has 2 rings (SSSR count). The first kappa shape index (κ1) is 23.2. The van der Waals surface area contributed by atoms with Crippen molar-refractivity contribution in [2.75, 3.05) is 6.61 Å². The van der Waals surface area contributed by atoms with E-state index in [2.05, 4.69) is 0 Å². The first-order valence-corrected chi connectivity index (χ1v) is 9.26. The van der Waals surface area contributed by atoms with Gasteiger partial charge in [0.2, 0.25) is 5.78 Å². The van der Waals surface area contributed by atoms with Crippen molar-refractivity contribution in [1.82, 2.24) is 0 Å². The fourth-order valence-corrected chi connectivity index (χ4v) is 2.79. The number of carboxylic acid groups (broad SMARTS) is 1. The Morgan fingerprint density at radius 3 is 2.13 bits per heavy atom. The summed E-state index contributed by atoms with van der Waals surface area (Å²) in [6.45, 7) is -0.988. The lowest BCUT2D eigenvalue weighted by Gasteiger charge is -2.15. The lowest BCUT2D eigenvalue weighted by molar-refractivity contribution is -0.145. The Balaban J connectivity index is 1.94. The number of hydrogen-bond donors (Lipinski definition) is 1. The van der Waals surface area contributed by atoms with Gasteiger partial charge in [0.15, 0.2) is 12.7 Å². The van der Waals surface area contributed by atoms with E-state index in [1.54, 1.807) is 30.3 Å². The first-order chi connectivity index (χ1) is 14.3. The molecule has 0 saturated carbocycles. The molecule has 0 bridgehead atoms. The molecule has 0 heterocycles. The van der Waals surface area contributed by atoms with Gasteiger partial charge in [0.25, 0.3) is 0 Å². The average molecular weight is 455 g/mol. The number of halogens is 2. The third-order valence-corrected chi connectivity index (χ3v) is 4.30. The van der Waals surface area contributed by atoms with Gasteiger partial charge in [0.05, 0.1) is 22.0 Å². The van der Waals surface area contributed by atoms with Crippen molar-refractivity contribution in [3.05, 3.63) is 69.7 Å². The SMILES string of the molecule is O=C(O)C[C@H](OC(=O)OCc1ccccc1)C(=O)COC(=O)c1c(Cl)cccc1Cl. The molecule has 8 nitrogen and oxygen atoms in total. The highest BCUT2D eigenvalue weighted by molar-refractivity contribution is 6.39. The molecule has 1 atom stereocenters. The minimum Gasteiger partial charge on any atom is -0.481 e. The minimum absolute atomic E-state index is 0.0165. The van der Waals surface area contributed by atoms with Crippen molar-refractivity contribution >= 4 is 47.1 Å².